The molecule has 1 aliphatic rings. The summed E-state index contributed by atoms with van der Waals surface area (Å²) in [4.78, 5) is 18.6. The van der Waals surface area contributed by atoms with E-state index >= 15 is 0 Å². The largest absolute Gasteiger partial charge is 0.374 e. The Hall–Kier alpha value is -1.02. The van der Waals surface area contributed by atoms with Gasteiger partial charge in [0.05, 0.1) is 17.7 Å². The lowest BCUT2D eigenvalue weighted by atomic mass is 10.2. The first-order chi connectivity index (χ1) is 9.72. The molecule has 1 aromatic heterocycles. The Labute approximate surface area is 123 Å². The van der Waals surface area contributed by atoms with Gasteiger partial charge >= 0.3 is 0 Å². The maximum Gasteiger partial charge on any atom is 0.270 e. The standard InChI is InChI=1S/C13H22N4O2S/c1-2-17-5-6-19-10(8-17)7-15-13(18)11-9-20-12(16-11)3-4-14/h9-10H,2-8,14H2,1H3,(H,15,18). The molecule has 1 unspecified atom stereocenters. The zero-order valence-electron chi connectivity index (χ0n) is 11.8. The number of aromatic nitrogens is 1. The number of rotatable bonds is 6. The summed E-state index contributed by atoms with van der Waals surface area (Å²) in [6.45, 7) is 6.79. The summed E-state index contributed by atoms with van der Waals surface area (Å²) in [5, 5.41) is 5.58. The van der Waals surface area contributed by atoms with Crippen molar-refractivity contribution in [1.82, 2.24) is 15.2 Å². The molecular weight excluding hydrogens is 276 g/mol. The van der Waals surface area contributed by atoms with Gasteiger partial charge in [0.2, 0.25) is 0 Å². The van der Waals surface area contributed by atoms with Crippen LogP contribution < -0.4 is 11.1 Å². The molecular formula is C13H22N4O2S. The van der Waals surface area contributed by atoms with Gasteiger partial charge in [-0.15, -0.1) is 11.3 Å². The maximum absolute atomic E-state index is 12.0. The topological polar surface area (TPSA) is 80.5 Å². The molecule has 1 saturated heterocycles. The fraction of sp³-hybridized carbons (Fsp3) is 0.692. The fourth-order valence-corrected chi connectivity index (χ4v) is 2.94. The number of hydrogen-bond donors (Lipinski definition) is 2. The summed E-state index contributed by atoms with van der Waals surface area (Å²) in [5.41, 5.74) is 5.95. The maximum atomic E-state index is 12.0. The van der Waals surface area contributed by atoms with Crippen molar-refractivity contribution in [3.63, 3.8) is 0 Å². The van der Waals surface area contributed by atoms with E-state index in [0.29, 0.717) is 18.8 Å². The molecule has 0 radical (unpaired) electrons. The van der Waals surface area contributed by atoms with Crippen molar-refractivity contribution in [3.8, 4) is 0 Å². The lowest BCUT2D eigenvalue weighted by Gasteiger charge is -2.32. The van der Waals surface area contributed by atoms with Crippen molar-refractivity contribution >= 4 is 17.2 Å². The number of carbonyl (C=O) groups is 1. The molecule has 1 fully saturated rings. The van der Waals surface area contributed by atoms with Crippen molar-refractivity contribution in [2.45, 2.75) is 19.4 Å². The molecule has 3 N–H and O–H groups in total. The van der Waals surface area contributed by atoms with Gasteiger partial charge in [0, 0.05) is 31.4 Å². The summed E-state index contributed by atoms with van der Waals surface area (Å²) in [7, 11) is 0. The van der Waals surface area contributed by atoms with E-state index in [9.17, 15) is 4.79 Å². The minimum Gasteiger partial charge on any atom is -0.374 e. The molecule has 0 aromatic carbocycles. The van der Waals surface area contributed by atoms with Crippen LogP contribution in [0.5, 0.6) is 0 Å². The second-order valence-electron chi connectivity index (χ2n) is 4.76. The minimum atomic E-state index is -0.137. The highest BCUT2D eigenvalue weighted by atomic mass is 32.1. The fourth-order valence-electron chi connectivity index (χ4n) is 2.14. The molecule has 0 spiro atoms. The molecule has 1 amide bonds. The first kappa shape index (κ1) is 15.4. The zero-order valence-corrected chi connectivity index (χ0v) is 12.6. The zero-order chi connectivity index (χ0) is 14.4. The van der Waals surface area contributed by atoms with Gasteiger partial charge in [-0.05, 0) is 13.1 Å². The van der Waals surface area contributed by atoms with Crippen LogP contribution in [0.2, 0.25) is 0 Å². The van der Waals surface area contributed by atoms with E-state index in [-0.39, 0.29) is 12.0 Å². The van der Waals surface area contributed by atoms with Crippen LogP contribution in [-0.2, 0) is 11.2 Å². The Kier molecular flexibility index (Phi) is 5.90. The van der Waals surface area contributed by atoms with Crippen molar-refractivity contribution in [1.29, 1.82) is 0 Å². The van der Waals surface area contributed by atoms with Gasteiger partial charge in [-0.25, -0.2) is 4.98 Å². The third-order valence-corrected chi connectivity index (χ3v) is 4.21. The lowest BCUT2D eigenvalue weighted by molar-refractivity contribution is -0.0246. The third kappa shape index (κ3) is 4.24. The summed E-state index contributed by atoms with van der Waals surface area (Å²) >= 11 is 1.48. The van der Waals surface area contributed by atoms with Crippen LogP contribution in [0.4, 0.5) is 0 Å². The van der Waals surface area contributed by atoms with Gasteiger partial charge < -0.3 is 15.8 Å². The molecule has 0 saturated carbocycles. The molecule has 112 valence electrons. The van der Waals surface area contributed by atoms with Gasteiger partial charge in [0.25, 0.3) is 5.91 Å². The number of likely N-dealkylation sites (N-methyl/N-ethyl adjacent to an activating group) is 1. The van der Waals surface area contributed by atoms with Crippen molar-refractivity contribution in [2.24, 2.45) is 5.73 Å². The average molecular weight is 298 g/mol. The normalized spacial score (nSPS) is 20.0. The first-order valence-electron chi connectivity index (χ1n) is 6.99. The number of nitrogens with zero attached hydrogens (tertiary/aromatic N) is 2. The summed E-state index contributed by atoms with van der Waals surface area (Å²) in [6.07, 6.45) is 0.782. The smallest absolute Gasteiger partial charge is 0.270 e. The van der Waals surface area contributed by atoms with Crippen molar-refractivity contribution in [2.75, 3.05) is 39.3 Å². The number of hydrogen-bond acceptors (Lipinski definition) is 6. The van der Waals surface area contributed by atoms with Crippen LogP contribution in [-0.4, -0.2) is 61.2 Å². The van der Waals surface area contributed by atoms with Gasteiger partial charge in [0.15, 0.2) is 0 Å². The molecule has 1 atom stereocenters. The first-order valence-corrected chi connectivity index (χ1v) is 7.87. The highest BCUT2D eigenvalue weighted by Gasteiger charge is 2.20. The van der Waals surface area contributed by atoms with Gasteiger partial charge in [0.1, 0.15) is 5.69 Å². The molecule has 1 aliphatic heterocycles. The molecule has 2 heterocycles. The van der Waals surface area contributed by atoms with Crippen LogP contribution in [0.3, 0.4) is 0 Å². The molecule has 1 aromatic rings. The number of carbonyl (C=O) groups excluding carboxylic acids is 1. The predicted octanol–water partition coefficient (Wildman–Crippen LogP) is 0.0948. The SMILES string of the molecule is CCN1CCOC(CNC(=O)c2csc(CCN)n2)C1. The lowest BCUT2D eigenvalue weighted by Crippen LogP contribution is -2.47. The summed E-state index contributed by atoms with van der Waals surface area (Å²) in [6, 6.07) is 0. The van der Waals surface area contributed by atoms with Crippen LogP contribution in [0.25, 0.3) is 0 Å². The van der Waals surface area contributed by atoms with E-state index in [4.69, 9.17) is 10.5 Å². The number of morpholine rings is 1. The van der Waals surface area contributed by atoms with E-state index in [1.807, 2.05) is 0 Å². The van der Waals surface area contributed by atoms with E-state index in [1.54, 1.807) is 5.38 Å². The third-order valence-electron chi connectivity index (χ3n) is 3.30. The molecule has 20 heavy (non-hydrogen) atoms. The Morgan fingerprint density at radius 3 is 3.30 bits per heavy atom. The Balaban J connectivity index is 1.79. The highest BCUT2D eigenvalue weighted by molar-refractivity contribution is 7.09. The van der Waals surface area contributed by atoms with Crippen molar-refractivity contribution in [3.05, 3.63) is 16.1 Å². The highest BCUT2D eigenvalue weighted by Crippen LogP contribution is 2.10. The van der Waals surface area contributed by atoms with Gasteiger partial charge in [-0.2, -0.15) is 0 Å². The molecule has 2 rings (SSSR count). The summed E-state index contributed by atoms with van der Waals surface area (Å²) in [5.74, 6) is -0.137. The van der Waals surface area contributed by atoms with E-state index in [1.165, 1.54) is 11.3 Å². The van der Waals surface area contributed by atoms with Crippen LogP contribution in [0.15, 0.2) is 5.38 Å². The average Bonchev–Trinajstić information content (AvgIpc) is 2.94. The predicted molar refractivity (Wildman–Crippen MR) is 79.1 cm³/mol. The number of nitrogens with two attached hydrogens (primary N) is 1. The minimum absolute atomic E-state index is 0.0646. The van der Waals surface area contributed by atoms with E-state index in [0.717, 1.165) is 37.7 Å². The molecule has 6 nitrogen and oxygen atoms in total. The molecule has 0 bridgehead atoms. The Morgan fingerprint density at radius 1 is 1.70 bits per heavy atom. The van der Waals surface area contributed by atoms with Crippen molar-refractivity contribution < 1.29 is 9.53 Å². The Morgan fingerprint density at radius 2 is 2.55 bits per heavy atom. The molecule has 0 aliphatic carbocycles. The Bertz CT molecular complexity index is 438. The van der Waals surface area contributed by atoms with Crippen LogP contribution in [0, 0.1) is 0 Å². The monoisotopic (exact) mass is 298 g/mol. The summed E-state index contributed by atoms with van der Waals surface area (Å²) < 4.78 is 5.65. The van der Waals surface area contributed by atoms with Gasteiger partial charge in [-0.1, -0.05) is 6.92 Å². The van der Waals surface area contributed by atoms with E-state index in [2.05, 4.69) is 22.1 Å². The second kappa shape index (κ2) is 7.68. The number of thiazole rings is 1. The van der Waals surface area contributed by atoms with Crippen LogP contribution in [0.1, 0.15) is 22.4 Å². The van der Waals surface area contributed by atoms with E-state index < -0.39 is 0 Å². The van der Waals surface area contributed by atoms with Gasteiger partial charge in [-0.3, -0.25) is 9.69 Å². The number of ether oxygens (including phenoxy) is 1. The number of amides is 1. The quantitative estimate of drug-likeness (QED) is 0.778. The molecule has 7 heteroatoms. The van der Waals surface area contributed by atoms with Crippen LogP contribution >= 0.6 is 11.3 Å². The number of nitrogens with one attached hydrogen (secondary N) is 1. The second-order valence-corrected chi connectivity index (χ2v) is 5.70.